The SMILES string of the molecule is Cn1c2ccccc2c2cc(-c3ccc4c(c3)c3ccccc3n4C3NC=CC(c4cccc(-c5ccc(-c6ccccc6)cc5)c4)N3)ccc21. The van der Waals surface area contributed by atoms with Gasteiger partial charge in [-0.25, -0.2) is 0 Å². The van der Waals surface area contributed by atoms with E-state index >= 15 is 0 Å². The summed E-state index contributed by atoms with van der Waals surface area (Å²) in [6.07, 6.45) is 4.18. The fraction of sp³-hybridized carbons (Fsp3) is 0.0638. The molecule has 0 radical (unpaired) electrons. The fourth-order valence-corrected chi connectivity index (χ4v) is 8.08. The van der Waals surface area contributed by atoms with Crippen molar-refractivity contribution in [2.75, 3.05) is 0 Å². The largest absolute Gasteiger partial charge is 0.359 e. The van der Waals surface area contributed by atoms with Crippen LogP contribution < -0.4 is 10.6 Å². The Labute approximate surface area is 296 Å². The number of nitrogens with zero attached hydrogens (tertiary/aromatic N) is 2. The fourth-order valence-electron chi connectivity index (χ4n) is 8.08. The van der Waals surface area contributed by atoms with E-state index in [0.29, 0.717) is 0 Å². The van der Waals surface area contributed by atoms with Gasteiger partial charge in [-0.2, -0.15) is 0 Å². The van der Waals surface area contributed by atoms with Crippen molar-refractivity contribution >= 4 is 43.6 Å². The highest BCUT2D eigenvalue weighted by Gasteiger charge is 2.23. The lowest BCUT2D eigenvalue weighted by Crippen LogP contribution is -2.40. The monoisotopic (exact) mass is 656 g/mol. The number of aromatic nitrogens is 2. The number of aryl methyl sites for hydroxylation is 1. The zero-order valence-corrected chi connectivity index (χ0v) is 28.3. The summed E-state index contributed by atoms with van der Waals surface area (Å²) in [5.74, 6) is 0. The zero-order chi connectivity index (χ0) is 33.9. The normalized spacial score (nSPS) is 15.9. The van der Waals surface area contributed by atoms with E-state index in [-0.39, 0.29) is 12.3 Å². The van der Waals surface area contributed by atoms with Crippen molar-refractivity contribution < 1.29 is 0 Å². The molecule has 0 spiro atoms. The Balaban J connectivity index is 0.988. The van der Waals surface area contributed by atoms with E-state index < -0.39 is 0 Å². The third-order valence-electron chi connectivity index (χ3n) is 10.7. The molecule has 7 aromatic carbocycles. The van der Waals surface area contributed by atoms with Gasteiger partial charge in [0.15, 0.2) is 6.29 Å². The number of para-hydroxylation sites is 2. The van der Waals surface area contributed by atoms with Crippen molar-refractivity contribution in [2.24, 2.45) is 7.05 Å². The standard InChI is InChI=1S/C47H36N4/c1-50-43-16-7-5-14-38(43)40-29-35(22-24-44(40)50)36-23-25-46-41(30-36)39-15-6-8-17-45(39)51(46)47-48-27-26-42(49-47)37-13-9-12-34(28-37)33-20-18-32(19-21-33)31-10-3-2-4-11-31/h2-30,42,47-49H,1H3. The van der Waals surface area contributed by atoms with E-state index in [2.05, 4.69) is 203 Å². The molecule has 10 rings (SSSR count). The average molecular weight is 657 g/mol. The molecule has 0 fully saturated rings. The molecule has 0 saturated heterocycles. The Bertz CT molecular complexity index is 2770. The first-order valence-corrected chi connectivity index (χ1v) is 17.6. The van der Waals surface area contributed by atoms with Crippen LogP contribution >= 0.6 is 0 Å². The van der Waals surface area contributed by atoms with Gasteiger partial charge in [0.1, 0.15) is 0 Å². The first-order chi connectivity index (χ1) is 25.2. The first-order valence-electron chi connectivity index (χ1n) is 17.6. The van der Waals surface area contributed by atoms with E-state index in [1.807, 2.05) is 0 Å². The molecule has 0 aliphatic carbocycles. The molecular weight excluding hydrogens is 621 g/mol. The Morgan fingerprint density at radius 1 is 0.431 bits per heavy atom. The van der Waals surface area contributed by atoms with Gasteiger partial charge in [-0.1, -0.05) is 121 Å². The van der Waals surface area contributed by atoms with Crippen LogP contribution in [0.25, 0.3) is 77.0 Å². The lowest BCUT2D eigenvalue weighted by atomic mass is 9.97. The topological polar surface area (TPSA) is 33.9 Å². The predicted molar refractivity (Wildman–Crippen MR) is 213 cm³/mol. The molecule has 2 atom stereocenters. The molecule has 9 aromatic rings. The number of fused-ring (bicyclic) bond motifs is 6. The Kier molecular flexibility index (Phi) is 6.90. The summed E-state index contributed by atoms with van der Waals surface area (Å²) < 4.78 is 4.70. The molecule has 2 N–H and O–H groups in total. The Morgan fingerprint density at radius 3 is 1.71 bits per heavy atom. The minimum Gasteiger partial charge on any atom is -0.359 e. The van der Waals surface area contributed by atoms with Crippen molar-refractivity contribution in [3.8, 4) is 33.4 Å². The zero-order valence-electron chi connectivity index (χ0n) is 28.3. The second-order valence-corrected chi connectivity index (χ2v) is 13.6. The third kappa shape index (κ3) is 4.95. The molecule has 2 unspecified atom stereocenters. The van der Waals surface area contributed by atoms with Crippen LogP contribution in [0.2, 0.25) is 0 Å². The van der Waals surface area contributed by atoms with Gasteiger partial charge in [0, 0.05) is 39.6 Å². The molecule has 2 aromatic heterocycles. The van der Waals surface area contributed by atoms with Gasteiger partial charge in [-0.05, 0) is 93.7 Å². The van der Waals surface area contributed by atoms with Crippen LogP contribution in [0.1, 0.15) is 17.9 Å². The van der Waals surface area contributed by atoms with Crippen molar-refractivity contribution in [2.45, 2.75) is 12.3 Å². The maximum absolute atomic E-state index is 3.91. The molecule has 0 bridgehead atoms. The van der Waals surface area contributed by atoms with E-state index in [0.717, 1.165) is 0 Å². The van der Waals surface area contributed by atoms with Crippen molar-refractivity contribution in [3.05, 3.63) is 182 Å². The molecule has 244 valence electrons. The quantitative estimate of drug-likeness (QED) is 0.193. The summed E-state index contributed by atoms with van der Waals surface area (Å²) >= 11 is 0. The van der Waals surface area contributed by atoms with Crippen molar-refractivity contribution in [1.29, 1.82) is 0 Å². The van der Waals surface area contributed by atoms with Gasteiger partial charge in [0.2, 0.25) is 0 Å². The highest BCUT2D eigenvalue weighted by atomic mass is 15.3. The highest BCUT2D eigenvalue weighted by molar-refractivity contribution is 6.11. The van der Waals surface area contributed by atoms with Gasteiger partial charge >= 0.3 is 0 Å². The molecule has 0 amide bonds. The van der Waals surface area contributed by atoms with Crippen molar-refractivity contribution in [3.63, 3.8) is 0 Å². The molecule has 4 nitrogen and oxygen atoms in total. The Hall–Kier alpha value is -6.36. The number of hydrogen-bond donors (Lipinski definition) is 2. The Morgan fingerprint density at radius 2 is 0.941 bits per heavy atom. The summed E-state index contributed by atoms with van der Waals surface area (Å²) in [6, 6.07) is 59.6. The highest BCUT2D eigenvalue weighted by Crippen LogP contribution is 2.37. The lowest BCUT2D eigenvalue weighted by molar-refractivity contribution is 0.342. The van der Waals surface area contributed by atoms with Gasteiger partial charge in [0.25, 0.3) is 0 Å². The van der Waals surface area contributed by atoms with Crippen LogP contribution in [-0.4, -0.2) is 9.13 Å². The molecule has 1 aliphatic heterocycles. The maximum atomic E-state index is 3.91. The van der Waals surface area contributed by atoms with E-state index in [1.54, 1.807) is 0 Å². The number of rotatable bonds is 5. The molecule has 4 heteroatoms. The first kappa shape index (κ1) is 29.5. The van der Waals surface area contributed by atoms with Gasteiger partial charge in [0.05, 0.1) is 17.1 Å². The smallest absolute Gasteiger partial charge is 0.160 e. The third-order valence-corrected chi connectivity index (χ3v) is 10.7. The van der Waals surface area contributed by atoms with E-state index in [4.69, 9.17) is 0 Å². The van der Waals surface area contributed by atoms with E-state index in [9.17, 15) is 0 Å². The van der Waals surface area contributed by atoms with Gasteiger partial charge in [-0.15, -0.1) is 0 Å². The second kappa shape index (κ2) is 11.9. The summed E-state index contributed by atoms with van der Waals surface area (Å²) in [6.45, 7) is 0. The lowest BCUT2D eigenvalue weighted by Gasteiger charge is -2.31. The van der Waals surface area contributed by atoms with Gasteiger partial charge < -0.3 is 14.5 Å². The molecule has 3 heterocycles. The van der Waals surface area contributed by atoms with Crippen LogP contribution in [0.3, 0.4) is 0 Å². The number of nitrogens with one attached hydrogen (secondary N) is 2. The molecular formula is C47H36N4. The molecule has 1 aliphatic rings. The van der Waals surface area contributed by atoms with Crippen LogP contribution in [0.15, 0.2) is 176 Å². The molecule has 0 saturated carbocycles. The summed E-state index contributed by atoms with van der Waals surface area (Å²) in [5.41, 5.74) is 13.5. The molecule has 51 heavy (non-hydrogen) atoms. The van der Waals surface area contributed by atoms with Crippen LogP contribution in [0, 0.1) is 0 Å². The van der Waals surface area contributed by atoms with Crippen LogP contribution in [-0.2, 0) is 7.05 Å². The van der Waals surface area contributed by atoms with Crippen LogP contribution in [0.4, 0.5) is 0 Å². The number of hydrogen-bond acceptors (Lipinski definition) is 2. The predicted octanol–water partition coefficient (Wildman–Crippen LogP) is 11.3. The minimum atomic E-state index is -0.130. The van der Waals surface area contributed by atoms with E-state index in [1.165, 1.54) is 82.6 Å². The maximum Gasteiger partial charge on any atom is 0.160 e. The van der Waals surface area contributed by atoms with Gasteiger partial charge in [-0.3, -0.25) is 5.32 Å². The van der Waals surface area contributed by atoms with Crippen LogP contribution in [0.5, 0.6) is 0 Å². The summed E-state index contributed by atoms with van der Waals surface area (Å²) in [5, 5.41) is 12.6. The van der Waals surface area contributed by atoms with Crippen molar-refractivity contribution in [1.82, 2.24) is 19.8 Å². The minimum absolute atomic E-state index is 0.0442. The summed E-state index contributed by atoms with van der Waals surface area (Å²) in [4.78, 5) is 0. The summed E-state index contributed by atoms with van der Waals surface area (Å²) in [7, 11) is 2.15. The number of benzene rings is 7. The second-order valence-electron chi connectivity index (χ2n) is 13.6. The average Bonchev–Trinajstić information content (AvgIpc) is 3.69.